The Labute approximate surface area is 111 Å². The first-order valence-corrected chi connectivity index (χ1v) is 5.46. The molecule has 0 spiro atoms. The first kappa shape index (κ1) is 15.8. The SMILES string of the molecule is CO[C@@H]1[CH-]O[C@H](/C=C/P(=O)([O-])[O-])[C@H]1O.[U]. The van der Waals surface area contributed by atoms with Gasteiger partial charge in [0.15, 0.2) is 0 Å². The van der Waals surface area contributed by atoms with Gasteiger partial charge >= 0.3 is 0 Å². The molecule has 3 atom stereocenters. The van der Waals surface area contributed by atoms with Crippen molar-refractivity contribution in [1.29, 1.82) is 0 Å². The number of aliphatic hydroxyl groups is 1. The maximum atomic E-state index is 10.3. The fourth-order valence-electron chi connectivity index (χ4n) is 1.06. The van der Waals surface area contributed by atoms with Crippen molar-refractivity contribution in [3.05, 3.63) is 18.5 Å². The molecule has 0 saturated carbocycles. The van der Waals surface area contributed by atoms with E-state index in [1.54, 1.807) is 0 Å². The molecule has 1 N–H and O–H groups in total. The molecule has 0 bridgehead atoms. The minimum atomic E-state index is -4.70. The molecule has 1 saturated heterocycles. The molecule has 1 rings (SSSR count). The second-order valence-electron chi connectivity index (χ2n) is 2.81. The van der Waals surface area contributed by atoms with Crippen molar-refractivity contribution in [1.82, 2.24) is 0 Å². The zero-order valence-electron chi connectivity index (χ0n) is 7.90. The second kappa shape index (κ2) is 6.53. The van der Waals surface area contributed by atoms with Gasteiger partial charge in [-0.05, 0) is 13.7 Å². The topological polar surface area (TPSA) is 102 Å². The Morgan fingerprint density at radius 1 is 1.60 bits per heavy atom. The molecular weight excluding hydrogens is 449 g/mol. The summed E-state index contributed by atoms with van der Waals surface area (Å²) in [4.78, 5) is 20.5. The van der Waals surface area contributed by atoms with Gasteiger partial charge in [0.25, 0.3) is 0 Å². The molecular formula is C7H10O6PU-3. The summed E-state index contributed by atoms with van der Waals surface area (Å²) >= 11 is 0. The van der Waals surface area contributed by atoms with Crippen LogP contribution in [0.5, 0.6) is 0 Å². The second-order valence-corrected chi connectivity index (χ2v) is 4.19. The summed E-state index contributed by atoms with van der Waals surface area (Å²) in [5.41, 5.74) is 0. The summed E-state index contributed by atoms with van der Waals surface area (Å²) < 4.78 is 19.9. The number of aliphatic hydroxyl groups excluding tert-OH is 1. The van der Waals surface area contributed by atoms with Crippen LogP contribution in [0, 0.1) is 37.7 Å². The van der Waals surface area contributed by atoms with Gasteiger partial charge in [0, 0.05) is 38.2 Å². The van der Waals surface area contributed by atoms with Crippen LogP contribution in [-0.2, 0) is 14.0 Å². The van der Waals surface area contributed by atoms with Gasteiger partial charge in [-0.1, -0.05) is 11.9 Å². The normalized spacial score (nSPS) is 31.9. The molecule has 6 nitrogen and oxygen atoms in total. The number of methoxy groups -OCH3 is 1. The van der Waals surface area contributed by atoms with Crippen molar-refractivity contribution >= 4 is 7.60 Å². The van der Waals surface area contributed by atoms with Gasteiger partial charge in [-0.25, -0.2) is 0 Å². The fraction of sp³-hybridized carbons (Fsp3) is 0.571. The van der Waals surface area contributed by atoms with Crippen LogP contribution in [0.25, 0.3) is 0 Å². The zero-order chi connectivity index (χ0) is 10.8. The third-order valence-corrected chi connectivity index (χ3v) is 2.31. The van der Waals surface area contributed by atoms with Gasteiger partial charge in [-0.3, -0.25) is 0 Å². The molecule has 1 fully saturated rings. The molecule has 1 aliphatic heterocycles. The van der Waals surface area contributed by atoms with Crippen molar-refractivity contribution in [2.75, 3.05) is 7.11 Å². The molecule has 0 aliphatic carbocycles. The fourth-order valence-corrected chi connectivity index (χ4v) is 1.44. The Kier molecular flexibility index (Phi) is 6.89. The summed E-state index contributed by atoms with van der Waals surface area (Å²) in [6.07, 6.45) is -1.46. The van der Waals surface area contributed by atoms with Crippen molar-refractivity contribution in [3.63, 3.8) is 0 Å². The third-order valence-electron chi connectivity index (χ3n) is 1.77. The average Bonchev–Trinajstić information content (AvgIpc) is 2.42. The molecule has 86 valence electrons. The largest absolute Gasteiger partial charge is 0.808 e. The van der Waals surface area contributed by atoms with Crippen molar-refractivity contribution < 1.29 is 60.0 Å². The summed E-state index contributed by atoms with van der Waals surface area (Å²) in [7, 11) is -3.32. The Morgan fingerprint density at radius 3 is 2.60 bits per heavy atom. The summed E-state index contributed by atoms with van der Waals surface area (Å²) in [5.74, 6) is 0.479. The van der Waals surface area contributed by atoms with Crippen LogP contribution in [0.3, 0.4) is 0 Å². The molecule has 1 aliphatic rings. The third kappa shape index (κ3) is 5.12. The molecule has 0 aromatic heterocycles. The van der Waals surface area contributed by atoms with Crippen molar-refractivity contribution in [2.45, 2.75) is 18.3 Å². The standard InChI is InChI=1S/C7H12O6P.U/c1-12-6-4-13-5(7(6)8)2-3-14(9,10)11;/h2-8H,1H3,(H2,9,10,11);/q-1;/p-2/b3-2+;/t5-,6-,7-;/m1./s1. The van der Waals surface area contributed by atoms with Crippen LogP contribution in [-0.4, -0.2) is 30.5 Å². The maximum absolute atomic E-state index is 10.3. The molecule has 0 unspecified atom stereocenters. The van der Waals surface area contributed by atoms with E-state index in [4.69, 9.17) is 9.47 Å². The molecule has 15 heavy (non-hydrogen) atoms. The Morgan fingerprint density at radius 2 is 2.20 bits per heavy atom. The van der Waals surface area contributed by atoms with Crippen LogP contribution in [0.1, 0.15) is 0 Å². The van der Waals surface area contributed by atoms with Gasteiger partial charge in [0.05, 0.1) is 12.2 Å². The first-order valence-electron chi connectivity index (χ1n) is 3.85. The molecule has 0 aromatic carbocycles. The van der Waals surface area contributed by atoms with E-state index in [2.05, 4.69) is 0 Å². The number of rotatable bonds is 3. The van der Waals surface area contributed by atoms with Gasteiger partial charge in [-0.2, -0.15) is 6.61 Å². The number of ether oxygens (including phenoxy) is 2. The first-order chi connectivity index (χ1) is 6.44. The molecule has 0 radical (unpaired) electrons. The van der Waals surface area contributed by atoms with E-state index in [0.717, 1.165) is 6.08 Å². The summed E-state index contributed by atoms with van der Waals surface area (Å²) in [5, 5.41) is 9.42. The summed E-state index contributed by atoms with van der Waals surface area (Å²) in [6, 6.07) is 0. The number of hydrogen-bond acceptors (Lipinski definition) is 6. The van der Waals surface area contributed by atoms with Crippen molar-refractivity contribution in [3.8, 4) is 0 Å². The zero-order valence-corrected chi connectivity index (χ0v) is 13.0. The van der Waals surface area contributed by atoms with Gasteiger partial charge in [0.1, 0.15) is 0 Å². The minimum Gasteiger partial charge on any atom is -0.808 e. The van der Waals surface area contributed by atoms with Crippen LogP contribution in [0.2, 0.25) is 0 Å². The van der Waals surface area contributed by atoms with E-state index < -0.39 is 25.9 Å². The molecule has 0 aromatic rings. The Balaban J connectivity index is 0.00000196. The van der Waals surface area contributed by atoms with E-state index in [1.165, 1.54) is 13.7 Å². The van der Waals surface area contributed by atoms with Gasteiger partial charge in [-0.15, -0.1) is 0 Å². The Bertz CT molecular complexity index is 264. The van der Waals surface area contributed by atoms with E-state index >= 15 is 0 Å². The van der Waals surface area contributed by atoms with E-state index in [9.17, 15) is 19.5 Å². The smallest absolute Gasteiger partial charge is 0.0811 e. The van der Waals surface area contributed by atoms with E-state index in [-0.39, 0.29) is 31.1 Å². The van der Waals surface area contributed by atoms with Gasteiger partial charge < -0.3 is 28.9 Å². The number of hydrogen-bond donors (Lipinski definition) is 1. The van der Waals surface area contributed by atoms with Gasteiger partial charge in [0.2, 0.25) is 0 Å². The van der Waals surface area contributed by atoms with Crippen LogP contribution in [0.15, 0.2) is 11.9 Å². The van der Waals surface area contributed by atoms with E-state index in [1.807, 2.05) is 0 Å². The molecule has 8 heteroatoms. The van der Waals surface area contributed by atoms with Crippen molar-refractivity contribution in [2.24, 2.45) is 0 Å². The molecule has 1 heterocycles. The predicted molar refractivity (Wildman–Crippen MR) is 42.7 cm³/mol. The van der Waals surface area contributed by atoms with Crippen LogP contribution >= 0.6 is 7.60 Å². The maximum Gasteiger partial charge on any atom is 0.0811 e. The average molecular weight is 459 g/mol. The van der Waals surface area contributed by atoms with E-state index in [0.29, 0.717) is 5.82 Å². The quantitative estimate of drug-likeness (QED) is 0.401. The Hall–Kier alpha value is 0.822. The van der Waals surface area contributed by atoms with Crippen LogP contribution < -0.4 is 9.79 Å². The molecule has 0 amide bonds. The predicted octanol–water partition coefficient (Wildman–Crippen LogP) is -1.65. The van der Waals surface area contributed by atoms with Crippen LogP contribution in [0.4, 0.5) is 0 Å². The minimum absolute atomic E-state index is 0. The monoisotopic (exact) mass is 459 g/mol. The summed E-state index contributed by atoms with van der Waals surface area (Å²) in [6.45, 7) is 1.25.